The van der Waals surface area contributed by atoms with Crippen molar-refractivity contribution in [2.45, 2.75) is 53.0 Å². The van der Waals surface area contributed by atoms with E-state index in [4.69, 9.17) is 5.73 Å². The Labute approximate surface area is 121 Å². The van der Waals surface area contributed by atoms with Gasteiger partial charge in [-0.1, -0.05) is 27.7 Å². The highest BCUT2D eigenvalue weighted by molar-refractivity contribution is 5.98. The maximum Gasteiger partial charge on any atom is 0.255 e. The van der Waals surface area contributed by atoms with Gasteiger partial charge in [-0.15, -0.1) is 0 Å². The van der Waals surface area contributed by atoms with Crippen LogP contribution in [0.15, 0.2) is 18.3 Å². The minimum Gasteiger partial charge on any atom is -0.383 e. The summed E-state index contributed by atoms with van der Waals surface area (Å²) in [5, 5.41) is 3.13. The fraction of sp³-hybridized carbons (Fsp3) is 0.625. The van der Waals surface area contributed by atoms with Gasteiger partial charge in [0.05, 0.1) is 5.56 Å². The molecule has 1 saturated carbocycles. The Kier molecular flexibility index (Phi) is 3.76. The normalized spacial score (nSPS) is 21.4. The Morgan fingerprint density at radius 1 is 1.30 bits per heavy atom. The predicted octanol–water partition coefficient (Wildman–Crippen LogP) is 3.00. The standard InChI is InChI=1S/C16H25N3O/c1-15(2)8-11(9-16(3,4)10-15)19-14(20)12-6-5-7-18-13(12)17/h5-7,11H,8-10H2,1-4H3,(H2,17,18)(H,19,20). The molecule has 0 saturated heterocycles. The topological polar surface area (TPSA) is 68.0 Å². The van der Waals surface area contributed by atoms with E-state index in [0.717, 1.165) is 12.8 Å². The van der Waals surface area contributed by atoms with E-state index in [0.29, 0.717) is 11.4 Å². The minimum absolute atomic E-state index is 0.117. The molecule has 4 nitrogen and oxygen atoms in total. The van der Waals surface area contributed by atoms with Gasteiger partial charge in [0.15, 0.2) is 0 Å². The van der Waals surface area contributed by atoms with Crippen LogP contribution in [0.25, 0.3) is 0 Å². The second kappa shape index (κ2) is 5.08. The number of nitrogens with zero attached hydrogens (tertiary/aromatic N) is 1. The van der Waals surface area contributed by atoms with E-state index in [1.807, 2.05) is 0 Å². The number of nitrogen functional groups attached to an aromatic ring is 1. The van der Waals surface area contributed by atoms with E-state index >= 15 is 0 Å². The average Bonchev–Trinajstić information content (AvgIpc) is 2.24. The first kappa shape index (κ1) is 14.8. The minimum atomic E-state index is -0.117. The second-order valence-corrected chi connectivity index (χ2v) is 7.52. The van der Waals surface area contributed by atoms with Crippen LogP contribution in [0.1, 0.15) is 57.3 Å². The SMILES string of the molecule is CC1(C)CC(NC(=O)c2cccnc2N)CC(C)(C)C1. The fourth-order valence-corrected chi connectivity index (χ4v) is 3.82. The molecule has 1 aliphatic rings. The number of hydrogen-bond donors (Lipinski definition) is 2. The summed E-state index contributed by atoms with van der Waals surface area (Å²) in [4.78, 5) is 16.3. The van der Waals surface area contributed by atoms with Crippen molar-refractivity contribution >= 4 is 11.7 Å². The molecule has 0 radical (unpaired) electrons. The number of carbonyl (C=O) groups excluding carboxylic acids is 1. The van der Waals surface area contributed by atoms with Crippen molar-refractivity contribution in [3.63, 3.8) is 0 Å². The summed E-state index contributed by atoms with van der Waals surface area (Å²) in [6.07, 6.45) is 4.78. The molecule has 1 aromatic rings. The van der Waals surface area contributed by atoms with Crippen LogP contribution < -0.4 is 11.1 Å². The van der Waals surface area contributed by atoms with Crippen LogP contribution in [0, 0.1) is 10.8 Å². The first-order valence-corrected chi connectivity index (χ1v) is 7.20. The molecule has 0 spiro atoms. The Bertz CT molecular complexity index is 492. The smallest absolute Gasteiger partial charge is 0.255 e. The molecular weight excluding hydrogens is 250 g/mol. The zero-order chi connectivity index (χ0) is 15.0. The summed E-state index contributed by atoms with van der Waals surface area (Å²) >= 11 is 0. The lowest BCUT2D eigenvalue weighted by molar-refractivity contribution is 0.0714. The van der Waals surface area contributed by atoms with Crippen LogP contribution in [-0.4, -0.2) is 16.9 Å². The Morgan fingerprint density at radius 2 is 1.90 bits per heavy atom. The van der Waals surface area contributed by atoms with Crippen LogP contribution in [-0.2, 0) is 0 Å². The molecule has 0 unspecified atom stereocenters. The van der Waals surface area contributed by atoms with Crippen molar-refractivity contribution in [1.29, 1.82) is 0 Å². The first-order chi connectivity index (χ1) is 9.19. The lowest BCUT2D eigenvalue weighted by atomic mass is 9.63. The zero-order valence-electron chi connectivity index (χ0n) is 12.9. The number of carbonyl (C=O) groups is 1. The van der Waals surface area contributed by atoms with E-state index in [2.05, 4.69) is 38.0 Å². The van der Waals surface area contributed by atoms with Gasteiger partial charge in [0.1, 0.15) is 5.82 Å². The highest BCUT2D eigenvalue weighted by Gasteiger charge is 2.39. The van der Waals surface area contributed by atoms with Crippen LogP contribution >= 0.6 is 0 Å². The average molecular weight is 275 g/mol. The molecule has 1 heterocycles. The number of anilines is 1. The molecule has 0 aromatic carbocycles. The van der Waals surface area contributed by atoms with Crippen molar-refractivity contribution in [1.82, 2.24) is 10.3 Å². The molecule has 110 valence electrons. The highest BCUT2D eigenvalue weighted by atomic mass is 16.1. The van der Waals surface area contributed by atoms with Crippen molar-refractivity contribution in [3.8, 4) is 0 Å². The molecule has 4 heteroatoms. The van der Waals surface area contributed by atoms with Crippen LogP contribution in [0.5, 0.6) is 0 Å². The van der Waals surface area contributed by atoms with Gasteiger partial charge in [0, 0.05) is 12.2 Å². The van der Waals surface area contributed by atoms with Gasteiger partial charge >= 0.3 is 0 Å². The van der Waals surface area contributed by atoms with Crippen LogP contribution in [0.3, 0.4) is 0 Å². The van der Waals surface area contributed by atoms with Gasteiger partial charge in [-0.2, -0.15) is 0 Å². The van der Waals surface area contributed by atoms with E-state index < -0.39 is 0 Å². The number of aromatic nitrogens is 1. The van der Waals surface area contributed by atoms with Gasteiger partial charge in [-0.3, -0.25) is 4.79 Å². The molecule has 1 amide bonds. The Morgan fingerprint density at radius 3 is 2.45 bits per heavy atom. The fourth-order valence-electron chi connectivity index (χ4n) is 3.82. The molecular formula is C16H25N3O. The number of nitrogens with two attached hydrogens (primary N) is 1. The third kappa shape index (κ3) is 3.50. The van der Waals surface area contributed by atoms with Crippen LogP contribution in [0.2, 0.25) is 0 Å². The number of hydrogen-bond acceptors (Lipinski definition) is 3. The lowest BCUT2D eigenvalue weighted by Gasteiger charge is -2.45. The van der Waals surface area contributed by atoms with E-state index in [1.54, 1.807) is 18.3 Å². The van der Waals surface area contributed by atoms with Gasteiger partial charge in [-0.05, 0) is 42.2 Å². The summed E-state index contributed by atoms with van der Waals surface area (Å²) in [5.74, 6) is 0.174. The number of rotatable bonds is 2. The first-order valence-electron chi connectivity index (χ1n) is 7.20. The van der Waals surface area contributed by atoms with E-state index in [1.165, 1.54) is 6.42 Å². The Hall–Kier alpha value is -1.58. The highest BCUT2D eigenvalue weighted by Crippen LogP contribution is 2.45. The summed E-state index contributed by atoms with van der Waals surface area (Å²) in [5.41, 5.74) is 6.73. The molecule has 2 rings (SSSR count). The van der Waals surface area contributed by atoms with Gasteiger partial charge in [0.2, 0.25) is 0 Å². The van der Waals surface area contributed by atoms with Crippen molar-refractivity contribution in [3.05, 3.63) is 23.9 Å². The molecule has 1 aromatic heterocycles. The summed E-state index contributed by atoms with van der Waals surface area (Å²) in [7, 11) is 0. The maximum atomic E-state index is 12.3. The van der Waals surface area contributed by atoms with Crippen molar-refractivity contribution in [2.75, 3.05) is 5.73 Å². The zero-order valence-corrected chi connectivity index (χ0v) is 12.9. The molecule has 0 bridgehead atoms. The number of amides is 1. The van der Waals surface area contributed by atoms with Gasteiger partial charge in [-0.25, -0.2) is 4.98 Å². The molecule has 3 N–H and O–H groups in total. The summed E-state index contributed by atoms with van der Waals surface area (Å²) in [6.45, 7) is 9.08. The van der Waals surface area contributed by atoms with Crippen LogP contribution in [0.4, 0.5) is 5.82 Å². The van der Waals surface area contributed by atoms with Gasteiger partial charge < -0.3 is 11.1 Å². The largest absolute Gasteiger partial charge is 0.383 e. The predicted molar refractivity (Wildman–Crippen MR) is 81.3 cm³/mol. The molecule has 0 atom stereocenters. The maximum absolute atomic E-state index is 12.3. The van der Waals surface area contributed by atoms with Crippen molar-refractivity contribution in [2.24, 2.45) is 10.8 Å². The molecule has 20 heavy (non-hydrogen) atoms. The van der Waals surface area contributed by atoms with Gasteiger partial charge in [0.25, 0.3) is 5.91 Å². The van der Waals surface area contributed by atoms with Crippen molar-refractivity contribution < 1.29 is 4.79 Å². The number of pyridine rings is 1. The van der Waals surface area contributed by atoms with E-state index in [9.17, 15) is 4.79 Å². The molecule has 1 aliphatic carbocycles. The third-order valence-electron chi connectivity index (χ3n) is 3.97. The quantitative estimate of drug-likeness (QED) is 0.871. The summed E-state index contributed by atoms with van der Waals surface area (Å²) in [6, 6.07) is 3.65. The molecule has 1 fully saturated rings. The third-order valence-corrected chi connectivity index (χ3v) is 3.97. The second-order valence-electron chi connectivity index (χ2n) is 7.52. The molecule has 0 aliphatic heterocycles. The monoisotopic (exact) mass is 275 g/mol. The summed E-state index contributed by atoms with van der Waals surface area (Å²) < 4.78 is 0. The Balaban J connectivity index is 2.10. The van der Waals surface area contributed by atoms with E-state index in [-0.39, 0.29) is 22.8 Å². The number of nitrogens with one attached hydrogen (secondary N) is 1. The lowest BCUT2D eigenvalue weighted by Crippen LogP contribution is -2.46.